The molecule has 7 nitrogen and oxygen atoms in total. The van der Waals surface area contributed by atoms with Crippen LogP contribution in [0.5, 0.6) is 0 Å². The van der Waals surface area contributed by atoms with Gasteiger partial charge < -0.3 is 15.0 Å². The number of hydrogen-bond acceptors (Lipinski definition) is 5. The third-order valence-electron chi connectivity index (χ3n) is 4.93. The highest BCUT2D eigenvalue weighted by molar-refractivity contribution is 7.87. The van der Waals surface area contributed by atoms with Crippen molar-refractivity contribution >= 4 is 29.3 Å². The van der Waals surface area contributed by atoms with E-state index in [-0.39, 0.29) is 0 Å². The predicted molar refractivity (Wildman–Crippen MR) is 119 cm³/mol. The Morgan fingerprint density at radius 2 is 1.14 bits per heavy atom. The maximum Gasteiger partial charge on any atom is 0.305 e. The second-order valence-corrected chi connectivity index (χ2v) is 13.6. The first-order valence-corrected chi connectivity index (χ1v) is 14.8. The molecule has 1 atom stereocenters. The third kappa shape index (κ3) is 15.7. The van der Waals surface area contributed by atoms with Gasteiger partial charge in [0.1, 0.15) is 5.25 Å². The fourth-order valence-electron chi connectivity index (χ4n) is 3.11. The van der Waals surface area contributed by atoms with Gasteiger partial charge in [-0.3, -0.25) is 9.35 Å². The minimum atomic E-state index is -4.90. The van der Waals surface area contributed by atoms with Gasteiger partial charge in [-0.05, 0) is 25.7 Å². The van der Waals surface area contributed by atoms with Crippen molar-refractivity contribution in [1.29, 1.82) is 0 Å². The Kier molecular flexibility index (Phi) is 17.9. The number of carboxylic acid groups (broad SMARTS) is 2. The van der Waals surface area contributed by atoms with Crippen LogP contribution >= 0.6 is 7.26 Å². The zero-order chi connectivity index (χ0) is 22.9. The molecule has 174 valence electrons. The average Bonchev–Trinajstić information content (AvgIpc) is 2.64. The first-order valence-electron chi connectivity index (χ1n) is 10.7. The number of aliphatic carboxylic acids is 2. The summed E-state index contributed by atoms with van der Waals surface area (Å²) in [6.07, 6.45) is 16.7. The maximum atomic E-state index is 10.2. The molecule has 0 heterocycles. The number of carboxylic acids is 2. The van der Waals surface area contributed by atoms with Gasteiger partial charge in [-0.15, -0.1) is 0 Å². The molecule has 0 aliphatic rings. The van der Waals surface area contributed by atoms with Crippen LogP contribution in [0.25, 0.3) is 0 Å². The number of rotatable bonds is 16. The molecule has 0 saturated heterocycles. The van der Waals surface area contributed by atoms with Crippen LogP contribution in [-0.2, 0) is 19.7 Å². The Hall–Kier alpha value is -0.720. The second kappa shape index (κ2) is 17.0. The summed E-state index contributed by atoms with van der Waals surface area (Å²) in [5.74, 6) is -3.79. The standard InChI is InChI=1S/C16H36P.C4H6O7S/c1-5-9-13-17(14-10-6-2,15-11-7-3)16-12-8-4;5-3(6)1-2(4(7)8)12(9,10)11/h5-16H2,1-4H3;2H,1H2,(H,5,6)(H,7,8)(H,9,10,11)/q+1;/p-1. The lowest BCUT2D eigenvalue weighted by molar-refractivity contribution is -0.305. The summed E-state index contributed by atoms with van der Waals surface area (Å²) in [6.45, 7) is 9.42. The van der Waals surface area contributed by atoms with Crippen molar-refractivity contribution < 1.29 is 32.8 Å². The van der Waals surface area contributed by atoms with Gasteiger partial charge in [0.05, 0.1) is 37.0 Å². The van der Waals surface area contributed by atoms with Gasteiger partial charge >= 0.3 is 5.97 Å². The normalized spacial score (nSPS) is 12.7. The second-order valence-electron chi connectivity index (χ2n) is 7.57. The molecule has 29 heavy (non-hydrogen) atoms. The van der Waals surface area contributed by atoms with Gasteiger partial charge in [0.25, 0.3) is 10.1 Å². The van der Waals surface area contributed by atoms with Gasteiger partial charge in [-0.25, -0.2) is 0 Å². The van der Waals surface area contributed by atoms with Crippen molar-refractivity contribution in [2.45, 2.75) is 90.7 Å². The molecule has 0 radical (unpaired) electrons. The Morgan fingerprint density at radius 3 is 1.28 bits per heavy atom. The number of carbonyl (C=O) groups excluding carboxylic acids is 1. The van der Waals surface area contributed by atoms with E-state index in [1.807, 2.05) is 0 Å². The van der Waals surface area contributed by atoms with E-state index in [2.05, 4.69) is 27.7 Å². The molecule has 0 aromatic heterocycles. The van der Waals surface area contributed by atoms with Crippen molar-refractivity contribution in [2.75, 3.05) is 24.6 Å². The Morgan fingerprint density at radius 1 is 0.828 bits per heavy atom. The highest BCUT2D eigenvalue weighted by atomic mass is 32.2. The van der Waals surface area contributed by atoms with E-state index in [4.69, 9.17) is 9.66 Å². The Bertz CT molecular complexity index is 512. The van der Waals surface area contributed by atoms with Crippen molar-refractivity contribution in [1.82, 2.24) is 0 Å². The summed E-state index contributed by atoms with van der Waals surface area (Å²) in [6, 6.07) is 0. The summed E-state index contributed by atoms with van der Waals surface area (Å²) >= 11 is 0. The third-order valence-corrected chi connectivity index (χ3v) is 11.1. The largest absolute Gasteiger partial charge is 0.549 e. The average molecular weight is 457 g/mol. The molecule has 0 fully saturated rings. The molecule has 0 aliphatic heterocycles. The zero-order valence-electron chi connectivity index (χ0n) is 18.6. The van der Waals surface area contributed by atoms with Crippen LogP contribution in [0.15, 0.2) is 0 Å². The summed E-state index contributed by atoms with van der Waals surface area (Å²) in [7, 11) is -5.46. The van der Waals surface area contributed by atoms with E-state index < -0.39 is 41.0 Å². The van der Waals surface area contributed by atoms with E-state index in [0.717, 1.165) is 0 Å². The van der Waals surface area contributed by atoms with Crippen LogP contribution in [0.3, 0.4) is 0 Å². The van der Waals surface area contributed by atoms with Crippen LogP contribution < -0.4 is 5.11 Å². The molecule has 0 aliphatic carbocycles. The van der Waals surface area contributed by atoms with Gasteiger partial charge in [0, 0.05) is 7.26 Å². The van der Waals surface area contributed by atoms with E-state index in [1.165, 1.54) is 51.4 Å². The van der Waals surface area contributed by atoms with Gasteiger partial charge in [0.15, 0.2) is 0 Å². The van der Waals surface area contributed by atoms with Crippen LogP contribution in [0.1, 0.15) is 85.5 Å². The molecule has 1 unspecified atom stereocenters. The fraction of sp³-hybridized carbons (Fsp3) is 0.900. The minimum Gasteiger partial charge on any atom is -0.549 e. The topological polar surface area (TPSA) is 132 Å². The summed E-state index contributed by atoms with van der Waals surface area (Å²) in [5, 5.41) is 15.6. The first-order chi connectivity index (χ1) is 13.5. The molecule has 0 amide bonds. The van der Waals surface area contributed by atoms with Gasteiger partial charge in [-0.1, -0.05) is 53.4 Å². The first kappa shape index (κ1) is 30.5. The van der Waals surface area contributed by atoms with Crippen LogP contribution in [0.4, 0.5) is 0 Å². The van der Waals surface area contributed by atoms with Crippen LogP contribution in [0, 0.1) is 0 Å². The van der Waals surface area contributed by atoms with Gasteiger partial charge in [0.2, 0.25) is 0 Å². The van der Waals surface area contributed by atoms with Crippen molar-refractivity contribution in [3.05, 3.63) is 0 Å². The SMILES string of the molecule is CCCC[P+](CCCC)(CCCC)CCCC.O=C(O)CC(C(=O)[O-])S(=O)(=O)O. The predicted octanol–water partition coefficient (Wildman–Crippen LogP) is 3.67. The Labute approximate surface area is 177 Å². The number of hydrogen-bond donors (Lipinski definition) is 2. The van der Waals surface area contributed by atoms with E-state index in [0.29, 0.717) is 0 Å². The number of carbonyl (C=O) groups is 2. The monoisotopic (exact) mass is 456 g/mol. The highest BCUT2D eigenvalue weighted by Gasteiger charge is 2.34. The summed E-state index contributed by atoms with van der Waals surface area (Å²) in [5.41, 5.74) is 0. The molecule has 0 spiro atoms. The lowest BCUT2D eigenvalue weighted by Crippen LogP contribution is -2.42. The van der Waals surface area contributed by atoms with Crippen LogP contribution in [0.2, 0.25) is 0 Å². The molecule has 9 heteroatoms. The summed E-state index contributed by atoms with van der Waals surface area (Å²) in [4.78, 5) is 19.9. The van der Waals surface area contributed by atoms with E-state index in [1.54, 1.807) is 24.6 Å². The fourth-order valence-corrected chi connectivity index (χ4v) is 9.00. The Balaban J connectivity index is 0. The van der Waals surface area contributed by atoms with E-state index >= 15 is 0 Å². The van der Waals surface area contributed by atoms with Crippen LogP contribution in [-0.4, -0.2) is 59.9 Å². The highest BCUT2D eigenvalue weighted by Crippen LogP contribution is 2.61. The molecule has 0 saturated carbocycles. The number of unbranched alkanes of at least 4 members (excludes halogenated alkanes) is 4. The molecule has 2 N–H and O–H groups in total. The lowest BCUT2D eigenvalue weighted by Gasteiger charge is -2.28. The summed E-state index contributed by atoms with van der Waals surface area (Å²) < 4.78 is 28.5. The molecular formula is C20H41O7PS. The molecule has 0 bridgehead atoms. The molecular weight excluding hydrogens is 415 g/mol. The van der Waals surface area contributed by atoms with Crippen molar-refractivity contribution in [3.8, 4) is 0 Å². The molecule has 0 aromatic rings. The smallest absolute Gasteiger partial charge is 0.305 e. The quantitative estimate of drug-likeness (QED) is 0.267. The van der Waals surface area contributed by atoms with Gasteiger partial charge in [-0.2, -0.15) is 8.42 Å². The maximum absolute atomic E-state index is 10.2. The minimum absolute atomic E-state index is 0.562. The molecule has 0 rings (SSSR count). The zero-order valence-corrected chi connectivity index (χ0v) is 20.3. The molecule has 0 aromatic carbocycles. The van der Waals surface area contributed by atoms with E-state index in [9.17, 15) is 23.1 Å². The van der Waals surface area contributed by atoms with Crippen molar-refractivity contribution in [2.24, 2.45) is 0 Å². The van der Waals surface area contributed by atoms with Crippen molar-refractivity contribution in [3.63, 3.8) is 0 Å². The lowest BCUT2D eigenvalue weighted by atomic mass is 10.3.